The van der Waals surface area contributed by atoms with E-state index in [1.807, 2.05) is 43.9 Å². The molecule has 1 unspecified atom stereocenters. The molecule has 0 radical (unpaired) electrons. The van der Waals surface area contributed by atoms with E-state index in [9.17, 15) is 4.79 Å². The van der Waals surface area contributed by atoms with Gasteiger partial charge in [0.1, 0.15) is 0 Å². The second-order valence-electron chi connectivity index (χ2n) is 7.29. The average Bonchev–Trinajstić information content (AvgIpc) is 3.30. The molecule has 0 bridgehead atoms. The zero-order chi connectivity index (χ0) is 20.1. The van der Waals surface area contributed by atoms with Crippen molar-refractivity contribution in [2.45, 2.75) is 38.3 Å². The summed E-state index contributed by atoms with van der Waals surface area (Å²) in [6.07, 6.45) is 3.79. The highest BCUT2D eigenvalue weighted by molar-refractivity contribution is 7.09. The highest BCUT2D eigenvalue weighted by atomic mass is 32.1. The molecule has 7 nitrogen and oxygen atoms in total. The lowest BCUT2D eigenvalue weighted by Crippen LogP contribution is -2.42. The number of rotatable bonds is 7. The van der Waals surface area contributed by atoms with Crippen LogP contribution >= 0.6 is 11.3 Å². The molecular formula is C20H28N6OS. The molecule has 2 aromatic rings. The molecule has 0 saturated carbocycles. The number of aliphatic imine (C=N–C) groups is 1. The van der Waals surface area contributed by atoms with Gasteiger partial charge >= 0.3 is 0 Å². The summed E-state index contributed by atoms with van der Waals surface area (Å²) in [6, 6.07) is 7.91. The molecule has 8 heteroatoms. The molecule has 1 amide bonds. The molecule has 1 saturated heterocycles. The molecular weight excluding hydrogens is 372 g/mol. The Labute approximate surface area is 170 Å². The van der Waals surface area contributed by atoms with Crippen LogP contribution in [0.4, 0.5) is 5.69 Å². The van der Waals surface area contributed by atoms with Crippen LogP contribution in [0.3, 0.4) is 0 Å². The fourth-order valence-electron chi connectivity index (χ4n) is 3.55. The first kappa shape index (κ1) is 20.3. The van der Waals surface area contributed by atoms with E-state index in [0.717, 1.165) is 50.2 Å². The maximum Gasteiger partial charge on any atom is 0.239 e. The number of carbonyl (C=O) groups is 1. The highest BCUT2D eigenvalue weighted by Gasteiger charge is 2.32. The molecule has 1 aliphatic heterocycles. The number of carbonyl (C=O) groups excluding carboxylic acids is 1. The Morgan fingerprint density at radius 1 is 1.29 bits per heavy atom. The van der Waals surface area contributed by atoms with E-state index in [0.29, 0.717) is 0 Å². The molecule has 4 N–H and O–H groups in total. The molecule has 28 heavy (non-hydrogen) atoms. The molecule has 1 aliphatic rings. The molecule has 1 aromatic heterocycles. The molecule has 0 spiro atoms. The maximum atomic E-state index is 12.4. The van der Waals surface area contributed by atoms with Crippen LogP contribution in [0.25, 0.3) is 0 Å². The highest BCUT2D eigenvalue weighted by Crippen LogP contribution is 2.25. The maximum absolute atomic E-state index is 12.4. The minimum absolute atomic E-state index is 0.00645. The minimum Gasteiger partial charge on any atom is -0.370 e. The van der Waals surface area contributed by atoms with Crippen LogP contribution in [-0.4, -0.2) is 53.3 Å². The number of nitrogens with zero attached hydrogens (tertiary/aromatic N) is 4. The number of nitrogens with two attached hydrogens (primary N) is 2. The number of likely N-dealkylation sites (tertiary alicyclic amines) is 1. The van der Waals surface area contributed by atoms with Crippen molar-refractivity contribution in [1.29, 1.82) is 0 Å². The molecule has 2 heterocycles. The van der Waals surface area contributed by atoms with E-state index >= 15 is 0 Å². The van der Waals surface area contributed by atoms with Crippen LogP contribution in [-0.2, 0) is 24.2 Å². The molecule has 1 atom stereocenters. The summed E-state index contributed by atoms with van der Waals surface area (Å²) in [5.41, 5.74) is 15.8. The summed E-state index contributed by atoms with van der Waals surface area (Å²) >= 11 is 1.68. The number of likely N-dealkylation sites (N-methyl/N-ethyl adjacent to an activating group) is 1. The van der Waals surface area contributed by atoms with Crippen molar-refractivity contribution in [1.82, 2.24) is 14.8 Å². The summed E-state index contributed by atoms with van der Waals surface area (Å²) in [7, 11) is 3.66. The van der Waals surface area contributed by atoms with Crippen molar-refractivity contribution in [2.75, 3.05) is 20.6 Å². The lowest BCUT2D eigenvalue weighted by molar-refractivity contribution is -0.133. The van der Waals surface area contributed by atoms with Gasteiger partial charge in [-0.3, -0.25) is 9.69 Å². The van der Waals surface area contributed by atoms with Crippen molar-refractivity contribution < 1.29 is 4.79 Å². The smallest absolute Gasteiger partial charge is 0.239 e. The Bertz CT molecular complexity index is 825. The topological polar surface area (TPSA) is 101 Å². The van der Waals surface area contributed by atoms with Gasteiger partial charge in [-0.25, -0.2) is 9.98 Å². The van der Waals surface area contributed by atoms with E-state index in [4.69, 9.17) is 11.5 Å². The quantitative estimate of drug-likeness (QED) is 0.546. The second-order valence-corrected chi connectivity index (χ2v) is 8.23. The van der Waals surface area contributed by atoms with Gasteiger partial charge in [0, 0.05) is 25.5 Å². The van der Waals surface area contributed by atoms with Crippen molar-refractivity contribution in [2.24, 2.45) is 16.5 Å². The van der Waals surface area contributed by atoms with Crippen molar-refractivity contribution >= 4 is 28.9 Å². The van der Waals surface area contributed by atoms with Crippen LogP contribution < -0.4 is 11.5 Å². The molecule has 150 valence electrons. The lowest BCUT2D eigenvalue weighted by atomic mass is 10.1. The number of benzene rings is 1. The standard InChI is InChI=1S/C20H28N6OS/c1-25(2)19(27)17-4-3-11-26(17)12-18-16(23-13-28-18)10-7-14-5-8-15(9-6-14)24-20(21)22/h5-6,8-9,13,17H,3-4,7,10-12H2,1-2H3,(H4,21,22,24). The summed E-state index contributed by atoms with van der Waals surface area (Å²) in [5, 5.41) is 0. The van der Waals surface area contributed by atoms with Crippen LogP contribution in [0.15, 0.2) is 34.8 Å². The van der Waals surface area contributed by atoms with Gasteiger partial charge in [0.25, 0.3) is 0 Å². The Hall–Kier alpha value is -2.45. The fraction of sp³-hybridized carbons (Fsp3) is 0.450. The summed E-state index contributed by atoms with van der Waals surface area (Å²) in [6.45, 7) is 1.77. The molecule has 0 aliphatic carbocycles. The first-order valence-corrected chi connectivity index (χ1v) is 10.4. The van der Waals surface area contributed by atoms with Gasteiger partial charge in [0.2, 0.25) is 5.91 Å². The Morgan fingerprint density at radius 3 is 2.71 bits per heavy atom. The zero-order valence-electron chi connectivity index (χ0n) is 16.5. The van der Waals surface area contributed by atoms with Gasteiger partial charge in [-0.15, -0.1) is 11.3 Å². The Kier molecular flexibility index (Phi) is 6.64. The van der Waals surface area contributed by atoms with Gasteiger partial charge in [-0.2, -0.15) is 0 Å². The average molecular weight is 401 g/mol. The molecule has 3 rings (SSSR count). The van der Waals surface area contributed by atoms with Crippen molar-refractivity contribution in [3.63, 3.8) is 0 Å². The third kappa shape index (κ3) is 5.08. The van der Waals surface area contributed by atoms with Gasteiger partial charge in [-0.1, -0.05) is 12.1 Å². The van der Waals surface area contributed by atoms with Gasteiger partial charge < -0.3 is 16.4 Å². The minimum atomic E-state index is -0.00645. The van der Waals surface area contributed by atoms with E-state index in [1.54, 1.807) is 16.2 Å². The van der Waals surface area contributed by atoms with Gasteiger partial charge in [-0.05, 0) is 49.9 Å². The van der Waals surface area contributed by atoms with Crippen LogP contribution in [0.5, 0.6) is 0 Å². The monoisotopic (exact) mass is 400 g/mol. The lowest BCUT2D eigenvalue weighted by Gasteiger charge is -2.25. The van der Waals surface area contributed by atoms with Crippen LogP contribution in [0.2, 0.25) is 0 Å². The van der Waals surface area contributed by atoms with E-state index in [-0.39, 0.29) is 17.9 Å². The number of aryl methyl sites for hydroxylation is 2. The van der Waals surface area contributed by atoms with Gasteiger partial charge in [0.15, 0.2) is 5.96 Å². The van der Waals surface area contributed by atoms with Crippen molar-refractivity contribution in [3.05, 3.63) is 45.9 Å². The number of aromatic nitrogens is 1. The zero-order valence-corrected chi connectivity index (χ0v) is 17.3. The van der Waals surface area contributed by atoms with Gasteiger partial charge in [0.05, 0.1) is 22.9 Å². The third-order valence-electron chi connectivity index (χ3n) is 5.01. The number of hydrogen-bond donors (Lipinski definition) is 2. The van der Waals surface area contributed by atoms with Crippen LogP contribution in [0.1, 0.15) is 29.0 Å². The third-order valence-corrected chi connectivity index (χ3v) is 5.87. The fourth-order valence-corrected chi connectivity index (χ4v) is 4.39. The normalized spacial score (nSPS) is 16.9. The number of amides is 1. The van der Waals surface area contributed by atoms with Crippen molar-refractivity contribution in [3.8, 4) is 0 Å². The predicted octanol–water partition coefficient (Wildman–Crippen LogP) is 1.89. The molecule has 1 fully saturated rings. The summed E-state index contributed by atoms with van der Waals surface area (Å²) < 4.78 is 0. The second kappa shape index (κ2) is 9.16. The summed E-state index contributed by atoms with van der Waals surface area (Å²) in [4.78, 5) is 26.3. The Morgan fingerprint density at radius 2 is 2.04 bits per heavy atom. The SMILES string of the molecule is CN(C)C(=O)C1CCCN1Cc1scnc1CCc1ccc(N=C(N)N)cc1. The number of thiazole rings is 1. The first-order chi connectivity index (χ1) is 13.4. The van der Waals surface area contributed by atoms with Crippen LogP contribution in [0, 0.1) is 0 Å². The number of hydrogen-bond acceptors (Lipinski definition) is 5. The Balaban J connectivity index is 1.61. The first-order valence-electron chi connectivity index (χ1n) is 9.49. The summed E-state index contributed by atoms with van der Waals surface area (Å²) in [5.74, 6) is 0.261. The van der Waals surface area contributed by atoms with E-state index < -0.39 is 0 Å². The van der Waals surface area contributed by atoms with E-state index in [1.165, 1.54) is 10.4 Å². The largest absolute Gasteiger partial charge is 0.370 e. The van der Waals surface area contributed by atoms with E-state index in [2.05, 4.69) is 14.9 Å². The number of guanidine groups is 1. The molecule has 1 aromatic carbocycles. The predicted molar refractivity (Wildman–Crippen MR) is 114 cm³/mol.